The molecule has 0 saturated carbocycles. The summed E-state index contributed by atoms with van der Waals surface area (Å²) >= 11 is 0. The van der Waals surface area contributed by atoms with E-state index in [4.69, 9.17) is 9.47 Å². The van der Waals surface area contributed by atoms with Crippen LogP contribution >= 0.6 is 0 Å². The third kappa shape index (κ3) is 2.19. The van der Waals surface area contributed by atoms with Crippen LogP contribution in [-0.4, -0.2) is 61.6 Å². The summed E-state index contributed by atoms with van der Waals surface area (Å²) in [4.78, 5) is 13.7. The van der Waals surface area contributed by atoms with Crippen LogP contribution in [0.3, 0.4) is 0 Å². The molecule has 3 rings (SSSR count). The molecule has 0 aromatic carbocycles. The maximum Gasteiger partial charge on any atom is 0.410 e. The first kappa shape index (κ1) is 14.1. The second-order valence-corrected chi connectivity index (χ2v) is 8.70. The predicted molar refractivity (Wildman–Crippen MR) is 70.7 cm³/mol. The number of nitrogens with zero attached hydrogens (tertiary/aromatic N) is 1. The zero-order valence-electron chi connectivity index (χ0n) is 11.9. The normalized spacial score (nSPS) is 38.6. The van der Waals surface area contributed by atoms with Crippen molar-refractivity contribution in [1.82, 2.24) is 9.62 Å². The zero-order chi connectivity index (χ0) is 14.8. The van der Waals surface area contributed by atoms with Gasteiger partial charge in [-0.05, 0) is 27.2 Å². The molecule has 0 radical (unpaired) electrons. The minimum absolute atomic E-state index is 0.224. The van der Waals surface area contributed by atoms with E-state index in [1.165, 1.54) is 0 Å². The Morgan fingerprint density at radius 3 is 2.80 bits per heavy atom. The molecule has 0 aromatic rings. The van der Waals surface area contributed by atoms with Crippen molar-refractivity contribution in [1.29, 1.82) is 0 Å². The molecule has 8 heteroatoms. The summed E-state index contributed by atoms with van der Waals surface area (Å²) < 4.78 is 37.7. The Balaban J connectivity index is 1.79. The van der Waals surface area contributed by atoms with E-state index in [2.05, 4.69) is 4.72 Å². The number of sulfonamides is 1. The van der Waals surface area contributed by atoms with Gasteiger partial charge in [-0.2, -0.15) is 0 Å². The Labute approximate surface area is 118 Å². The summed E-state index contributed by atoms with van der Waals surface area (Å²) in [6.45, 7) is 6.31. The molecule has 0 aliphatic carbocycles. The number of carbonyl (C=O) groups excluding carboxylic acids is 1. The van der Waals surface area contributed by atoms with E-state index < -0.39 is 32.6 Å². The molecule has 7 nitrogen and oxygen atoms in total. The minimum atomic E-state index is -3.33. The van der Waals surface area contributed by atoms with Crippen LogP contribution in [0.1, 0.15) is 27.2 Å². The number of amides is 1. The molecule has 1 spiro atoms. The lowest BCUT2D eigenvalue weighted by Gasteiger charge is -2.39. The molecule has 1 amide bonds. The van der Waals surface area contributed by atoms with Crippen LogP contribution in [0.15, 0.2) is 0 Å². The van der Waals surface area contributed by atoms with E-state index in [1.54, 1.807) is 4.90 Å². The van der Waals surface area contributed by atoms with Gasteiger partial charge in [0.25, 0.3) is 0 Å². The molecule has 0 aromatic heterocycles. The Hall–Kier alpha value is -0.860. The standard InChI is InChI=1S/C12H20N2O5S/c1-11(2,3)19-10(15)14-5-8-4-9-12(7-14,18-8)6-13-20(9,16)17/h8-9,13H,4-7H2,1-3H3/t8-,9+,12-/m0/s1. The molecule has 3 heterocycles. The lowest BCUT2D eigenvalue weighted by molar-refractivity contribution is -0.101. The summed E-state index contributed by atoms with van der Waals surface area (Å²) in [6.07, 6.45) is -0.192. The van der Waals surface area contributed by atoms with Gasteiger partial charge < -0.3 is 14.4 Å². The van der Waals surface area contributed by atoms with E-state index >= 15 is 0 Å². The highest BCUT2D eigenvalue weighted by atomic mass is 32.2. The fraction of sp³-hybridized carbons (Fsp3) is 0.917. The highest BCUT2D eigenvalue weighted by molar-refractivity contribution is 7.90. The van der Waals surface area contributed by atoms with Crippen LogP contribution in [0.4, 0.5) is 4.79 Å². The van der Waals surface area contributed by atoms with Crippen LogP contribution in [0, 0.1) is 0 Å². The number of hydrogen-bond donors (Lipinski definition) is 1. The average molecular weight is 304 g/mol. The number of fused-ring (bicyclic) bond motifs is 1. The first-order valence-electron chi connectivity index (χ1n) is 6.76. The highest BCUT2D eigenvalue weighted by Gasteiger charge is 2.63. The van der Waals surface area contributed by atoms with Crippen molar-refractivity contribution in [3.63, 3.8) is 0 Å². The number of morpholine rings is 1. The highest BCUT2D eigenvalue weighted by Crippen LogP contribution is 2.43. The Kier molecular flexibility index (Phi) is 2.88. The summed E-state index contributed by atoms with van der Waals surface area (Å²) in [7, 11) is -3.33. The van der Waals surface area contributed by atoms with Gasteiger partial charge in [-0.25, -0.2) is 17.9 Å². The number of rotatable bonds is 0. The van der Waals surface area contributed by atoms with Crippen molar-refractivity contribution in [3.05, 3.63) is 0 Å². The maximum atomic E-state index is 12.2. The predicted octanol–water partition coefficient (Wildman–Crippen LogP) is 0.0664. The quantitative estimate of drug-likeness (QED) is 0.684. The van der Waals surface area contributed by atoms with Gasteiger partial charge in [0.05, 0.1) is 19.2 Å². The van der Waals surface area contributed by atoms with Gasteiger partial charge in [-0.1, -0.05) is 0 Å². The smallest absolute Gasteiger partial charge is 0.410 e. The Morgan fingerprint density at radius 1 is 1.45 bits per heavy atom. The van der Waals surface area contributed by atoms with E-state index in [0.29, 0.717) is 13.0 Å². The molecule has 1 N–H and O–H groups in total. The average Bonchev–Trinajstić information content (AvgIpc) is 2.68. The van der Waals surface area contributed by atoms with Crippen molar-refractivity contribution in [2.45, 2.75) is 49.7 Å². The molecule has 3 atom stereocenters. The SMILES string of the molecule is CC(C)(C)OC(=O)N1C[C@@H]2C[C@@H]3[C@](CNS3(=O)=O)(C1)O2. The molecular weight excluding hydrogens is 284 g/mol. The third-order valence-electron chi connectivity index (χ3n) is 3.95. The van der Waals surface area contributed by atoms with Crippen molar-refractivity contribution >= 4 is 16.1 Å². The van der Waals surface area contributed by atoms with Gasteiger partial charge in [0.1, 0.15) is 16.5 Å². The van der Waals surface area contributed by atoms with Gasteiger partial charge >= 0.3 is 6.09 Å². The molecule has 3 aliphatic heterocycles. The molecule has 3 fully saturated rings. The molecular formula is C12H20N2O5S. The monoisotopic (exact) mass is 304 g/mol. The maximum absolute atomic E-state index is 12.2. The fourth-order valence-corrected chi connectivity index (χ4v) is 5.10. The summed E-state index contributed by atoms with van der Waals surface area (Å²) in [5.74, 6) is 0. The van der Waals surface area contributed by atoms with Crippen molar-refractivity contribution < 1.29 is 22.7 Å². The van der Waals surface area contributed by atoms with Gasteiger partial charge in [0, 0.05) is 6.54 Å². The van der Waals surface area contributed by atoms with Crippen LogP contribution in [0.5, 0.6) is 0 Å². The van der Waals surface area contributed by atoms with Crippen molar-refractivity contribution in [3.8, 4) is 0 Å². The third-order valence-corrected chi connectivity index (χ3v) is 5.86. The molecule has 20 heavy (non-hydrogen) atoms. The number of hydrogen-bond acceptors (Lipinski definition) is 5. The summed E-state index contributed by atoms with van der Waals surface area (Å²) in [5, 5.41) is -0.563. The number of carbonyl (C=O) groups is 1. The zero-order valence-corrected chi connectivity index (χ0v) is 12.7. The van der Waals surface area contributed by atoms with Crippen molar-refractivity contribution in [2.75, 3.05) is 19.6 Å². The second kappa shape index (κ2) is 4.08. The second-order valence-electron chi connectivity index (χ2n) is 6.76. The summed E-state index contributed by atoms with van der Waals surface area (Å²) in [6, 6.07) is 0. The molecule has 3 aliphatic rings. The number of likely N-dealkylation sites (tertiary alicyclic amines) is 1. The molecule has 2 bridgehead atoms. The first-order valence-corrected chi connectivity index (χ1v) is 8.30. The van der Waals surface area contributed by atoms with E-state index in [1.807, 2.05) is 20.8 Å². The molecule has 114 valence electrons. The topological polar surface area (TPSA) is 84.9 Å². The molecule has 3 saturated heterocycles. The van der Waals surface area contributed by atoms with Crippen LogP contribution < -0.4 is 4.72 Å². The minimum Gasteiger partial charge on any atom is -0.444 e. The first-order chi connectivity index (χ1) is 9.11. The lowest BCUT2D eigenvalue weighted by Crippen LogP contribution is -2.57. The van der Waals surface area contributed by atoms with E-state index in [0.717, 1.165) is 0 Å². The number of ether oxygens (including phenoxy) is 2. The van der Waals surface area contributed by atoms with Crippen LogP contribution in [-0.2, 0) is 19.5 Å². The number of nitrogens with one attached hydrogen (secondary N) is 1. The summed E-state index contributed by atoms with van der Waals surface area (Å²) in [5.41, 5.74) is -1.37. The Bertz CT molecular complexity index is 541. The van der Waals surface area contributed by atoms with Gasteiger partial charge in [0.15, 0.2) is 0 Å². The van der Waals surface area contributed by atoms with Gasteiger partial charge in [0.2, 0.25) is 10.0 Å². The van der Waals surface area contributed by atoms with E-state index in [-0.39, 0.29) is 19.2 Å². The van der Waals surface area contributed by atoms with Gasteiger partial charge in [-0.15, -0.1) is 0 Å². The largest absolute Gasteiger partial charge is 0.444 e. The Morgan fingerprint density at radius 2 is 2.15 bits per heavy atom. The fourth-order valence-electron chi connectivity index (χ4n) is 3.20. The van der Waals surface area contributed by atoms with Crippen molar-refractivity contribution in [2.24, 2.45) is 0 Å². The van der Waals surface area contributed by atoms with Crippen LogP contribution in [0.2, 0.25) is 0 Å². The van der Waals surface area contributed by atoms with Gasteiger partial charge in [-0.3, -0.25) is 0 Å². The van der Waals surface area contributed by atoms with Crippen LogP contribution in [0.25, 0.3) is 0 Å². The molecule has 0 unspecified atom stereocenters. The lowest BCUT2D eigenvalue weighted by atomic mass is 10.00. The van der Waals surface area contributed by atoms with E-state index in [9.17, 15) is 13.2 Å².